The van der Waals surface area contributed by atoms with Gasteiger partial charge < -0.3 is 4.90 Å². The fraction of sp³-hybridized carbons (Fsp3) is 0.944. The average molecular weight is 294 g/mol. The van der Waals surface area contributed by atoms with E-state index in [4.69, 9.17) is 0 Å². The van der Waals surface area contributed by atoms with Crippen LogP contribution in [0.15, 0.2) is 0 Å². The Balaban J connectivity index is 2.10. The molecule has 2 atom stereocenters. The van der Waals surface area contributed by atoms with Crippen LogP contribution in [0.5, 0.6) is 0 Å². The average Bonchev–Trinajstić information content (AvgIpc) is 2.67. The van der Waals surface area contributed by atoms with Gasteiger partial charge in [-0.1, -0.05) is 59.8 Å². The van der Waals surface area contributed by atoms with Crippen LogP contribution in [0.2, 0.25) is 0 Å². The lowest BCUT2D eigenvalue weighted by Gasteiger charge is -2.35. The molecule has 122 valence electrons. The monoisotopic (exact) mass is 294 g/mol. The summed E-state index contributed by atoms with van der Waals surface area (Å²) in [5.41, 5.74) is 0. The molecule has 2 aliphatic rings. The van der Waals surface area contributed by atoms with Crippen molar-refractivity contribution in [3.05, 3.63) is 0 Å². The number of amides is 1. The number of nitrogens with one attached hydrogen (secondary N) is 1. The molecule has 2 fully saturated rings. The molecule has 1 N–H and O–H groups in total. The molecule has 0 aromatic heterocycles. The lowest BCUT2D eigenvalue weighted by atomic mass is 9.94. The van der Waals surface area contributed by atoms with Crippen molar-refractivity contribution in [2.45, 2.75) is 97.3 Å². The topological polar surface area (TPSA) is 32.3 Å². The van der Waals surface area contributed by atoms with E-state index in [9.17, 15) is 4.79 Å². The zero-order valence-electron chi connectivity index (χ0n) is 14.4. The first-order valence-corrected chi connectivity index (χ1v) is 9.09. The number of nitrogens with zero attached hydrogens (tertiary/aromatic N) is 1. The predicted molar refractivity (Wildman–Crippen MR) is 88.0 cm³/mol. The SMILES string of the molecule is CC(C)CC1NC(C(C)C)N(C2CCCCCCC2)C1=O. The van der Waals surface area contributed by atoms with Crippen LogP contribution >= 0.6 is 0 Å². The Labute approximate surface area is 130 Å². The molecule has 0 bridgehead atoms. The largest absolute Gasteiger partial charge is 0.323 e. The van der Waals surface area contributed by atoms with Gasteiger partial charge >= 0.3 is 0 Å². The third-order valence-electron chi connectivity index (χ3n) is 5.03. The Morgan fingerprint density at radius 3 is 2.14 bits per heavy atom. The molecule has 2 unspecified atom stereocenters. The van der Waals surface area contributed by atoms with Crippen LogP contribution in [0, 0.1) is 11.8 Å². The minimum Gasteiger partial charge on any atom is -0.323 e. The quantitative estimate of drug-likeness (QED) is 0.852. The Morgan fingerprint density at radius 1 is 1.05 bits per heavy atom. The normalized spacial score (nSPS) is 29.2. The molecule has 3 heteroatoms. The molecule has 1 heterocycles. The van der Waals surface area contributed by atoms with Crippen LogP contribution in [0.4, 0.5) is 0 Å². The van der Waals surface area contributed by atoms with E-state index in [1.165, 1.54) is 44.9 Å². The molecule has 3 nitrogen and oxygen atoms in total. The summed E-state index contributed by atoms with van der Waals surface area (Å²) in [4.78, 5) is 15.2. The van der Waals surface area contributed by atoms with Crippen molar-refractivity contribution < 1.29 is 4.79 Å². The lowest BCUT2D eigenvalue weighted by Crippen LogP contribution is -2.47. The molecule has 1 saturated carbocycles. The predicted octanol–water partition coefficient (Wildman–Crippen LogP) is 3.93. The standard InChI is InChI=1S/C18H34N2O/c1-13(2)12-16-18(21)20(17(19-16)14(3)4)15-10-8-6-5-7-9-11-15/h13-17,19H,5-12H2,1-4H3. The highest BCUT2D eigenvalue weighted by Gasteiger charge is 2.43. The fourth-order valence-corrected chi connectivity index (χ4v) is 3.95. The molecule has 2 rings (SSSR count). The van der Waals surface area contributed by atoms with E-state index >= 15 is 0 Å². The van der Waals surface area contributed by atoms with Crippen LogP contribution in [0.25, 0.3) is 0 Å². The van der Waals surface area contributed by atoms with Gasteiger partial charge in [-0.25, -0.2) is 0 Å². The molecule has 0 radical (unpaired) electrons. The van der Waals surface area contributed by atoms with E-state index in [0.29, 0.717) is 23.8 Å². The summed E-state index contributed by atoms with van der Waals surface area (Å²) >= 11 is 0. The van der Waals surface area contributed by atoms with Gasteiger partial charge in [-0.05, 0) is 31.1 Å². The van der Waals surface area contributed by atoms with E-state index in [-0.39, 0.29) is 12.2 Å². The summed E-state index contributed by atoms with van der Waals surface area (Å²) in [5, 5.41) is 3.63. The molecular weight excluding hydrogens is 260 g/mol. The second-order valence-corrected chi connectivity index (χ2v) is 7.78. The molecule has 21 heavy (non-hydrogen) atoms. The van der Waals surface area contributed by atoms with Gasteiger partial charge in [-0.3, -0.25) is 10.1 Å². The van der Waals surface area contributed by atoms with E-state index < -0.39 is 0 Å². The molecular formula is C18H34N2O. The van der Waals surface area contributed by atoms with Crippen molar-refractivity contribution in [2.75, 3.05) is 0 Å². The summed E-state index contributed by atoms with van der Waals surface area (Å²) in [6, 6.07) is 0.512. The Bertz CT molecular complexity index is 332. The van der Waals surface area contributed by atoms with Crippen molar-refractivity contribution in [1.29, 1.82) is 0 Å². The first-order valence-electron chi connectivity index (χ1n) is 9.09. The highest BCUT2D eigenvalue weighted by Crippen LogP contribution is 2.29. The minimum absolute atomic E-state index is 0.0443. The van der Waals surface area contributed by atoms with E-state index in [0.717, 1.165) is 6.42 Å². The maximum atomic E-state index is 12.9. The van der Waals surface area contributed by atoms with E-state index in [2.05, 4.69) is 37.9 Å². The smallest absolute Gasteiger partial charge is 0.241 e. The lowest BCUT2D eigenvalue weighted by molar-refractivity contribution is -0.133. The van der Waals surface area contributed by atoms with Crippen LogP contribution in [0.3, 0.4) is 0 Å². The summed E-state index contributed by atoms with van der Waals surface area (Å²) in [5.74, 6) is 1.42. The van der Waals surface area contributed by atoms with Crippen molar-refractivity contribution >= 4 is 5.91 Å². The highest BCUT2D eigenvalue weighted by atomic mass is 16.2. The van der Waals surface area contributed by atoms with Crippen molar-refractivity contribution in [3.8, 4) is 0 Å². The van der Waals surface area contributed by atoms with Gasteiger partial charge in [0.25, 0.3) is 0 Å². The summed E-state index contributed by atoms with van der Waals surface area (Å²) < 4.78 is 0. The van der Waals surface area contributed by atoms with Crippen LogP contribution in [0.1, 0.15) is 79.1 Å². The van der Waals surface area contributed by atoms with E-state index in [1.54, 1.807) is 0 Å². The molecule has 1 saturated heterocycles. The number of carbonyl (C=O) groups excluding carboxylic acids is 1. The minimum atomic E-state index is 0.0443. The van der Waals surface area contributed by atoms with Crippen molar-refractivity contribution in [2.24, 2.45) is 11.8 Å². The Morgan fingerprint density at radius 2 is 1.62 bits per heavy atom. The molecule has 0 aromatic carbocycles. The molecule has 0 spiro atoms. The van der Waals surface area contributed by atoms with Crippen LogP contribution in [-0.2, 0) is 4.79 Å². The first kappa shape index (κ1) is 16.8. The summed E-state index contributed by atoms with van der Waals surface area (Å²) in [6.07, 6.45) is 10.2. The van der Waals surface area contributed by atoms with Crippen molar-refractivity contribution in [1.82, 2.24) is 10.2 Å². The number of rotatable bonds is 4. The van der Waals surface area contributed by atoms with Crippen molar-refractivity contribution in [3.63, 3.8) is 0 Å². The van der Waals surface area contributed by atoms with Gasteiger partial charge in [0, 0.05) is 6.04 Å². The van der Waals surface area contributed by atoms with Gasteiger partial charge in [0.2, 0.25) is 5.91 Å². The number of hydrogen-bond acceptors (Lipinski definition) is 2. The number of hydrogen-bond donors (Lipinski definition) is 1. The second-order valence-electron chi connectivity index (χ2n) is 7.78. The van der Waals surface area contributed by atoms with Crippen LogP contribution in [-0.4, -0.2) is 29.1 Å². The molecule has 1 amide bonds. The van der Waals surface area contributed by atoms with Gasteiger partial charge in [0.15, 0.2) is 0 Å². The van der Waals surface area contributed by atoms with Gasteiger partial charge in [-0.2, -0.15) is 0 Å². The molecule has 1 aliphatic carbocycles. The van der Waals surface area contributed by atoms with Gasteiger partial charge in [-0.15, -0.1) is 0 Å². The van der Waals surface area contributed by atoms with Gasteiger partial charge in [0.1, 0.15) is 0 Å². The third kappa shape index (κ3) is 4.21. The van der Waals surface area contributed by atoms with Gasteiger partial charge in [0.05, 0.1) is 12.2 Å². The molecule has 0 aromatic rings. The number of carbonyl (C=O) groups is 1. The Kier molecular flexibility index (Phi) is 6.09. The maximum absolute atomic E-state index is 12.9. The zero-order chi connectivity index (χ0) is 15.4. The first-order chi connectivity index (χ1) is 10.0. The third-order valence-corrected chi connectivity index (χ3v) is 5.03. The fourth-order valence-electron chi connectivity index (χ4n) is 3.95. The Hall–Kier alpha value is -0.570. The summed E-state index contributed by atoms with van der Waals surface area (Å²) in [7, 11) is 0. The van der Waals surface area contributed by atoms with E-state index in [1.807, 2.05) is 0 Å². The molecule has 1 aliphatic heterocycles. The summed E-state index contributed by atoms with van der Waals surface area (Å²) in [6.45, 7) is 8.88. The second kappa shape index (κ2) is 7.62. The van der Waals surface area contributed by atoms with Crippen LogP contribution < -0.4 is 5.32 Å². The maximum Gasteiger partial charge on any atom is 0.241 e. The zero-order valence-corrected chi connectivity index (χ0v) is 14.4. The highest BCUT2D eigenvalue weighted by molar-refractivity contribution is 5.84.